The molecule has 4 aliphatic rings. The third-order valence-electron chi connectivity index (χ3n) is 9.67. The van der Waals surface area contributed by atoms with Gasteiger partial charge in [0, 0.05) is 18.3 Å². The predicted molar refractivity (Wildman–Crippen MR) is 116 cm³/mol. The minimum absolute atomic E-state index is 0.0293. The van der Waals surface area contributed by atoms with Crippen molar-refractivity contribution >= 4 is 17.5 Å². The van der Waals surface area contributed by atoms with Gasteiger partial charge < -0.3 is 4.74 Å². The number of unbranched alkanes of at least 4 members (excludes halogenated alkanes) is 1. The van der Waals surface area contributed by atoms with Crippen molar-refractivity contribution in [2.75, 3.05) is 0 Å². The van der Waals surface area contributed by atoms with E-state index in [0.717, 1.165) is 51.4 Å². The highest BCUT2D eigenvalue weighted by molar-refractivity contribution is 5.91. The Balaban J connectivity index is 1.63. The average molecular weight is 415 g/mol. The van der Waals surface area contributed by atoms with Crippen LogP contribution in [0.1, 0.15) is 98.3 Å². The molecule has 4 heteroatoms. The van der Waals surface area contributed by atoms with Gasteiger partial charge in [-0.05, 0) is 87.5 Å². The van der Waals surface area contributed by atoms with Gasteiger partial charge in [-0.3, -0.25) is 14.4 Å². The van der Waals surface area contributed by atoms with E-state index in [9.17, 15) is 14.4 Å². The zero-order valence-electron chi connectivity index (χ0n) is 19.2. The van der Waals surface area contributed by atoms with E-state index in [-0.39, 0.29) is 28.4 Å². The van der Waals surface area contributed by atoms with E-state index in [2.05, 4.69) is 20.8 Å². The smallest absolute Gasteiger partial charge is 0.306 e. The number of hydrogen-bond donors (Lipinski definition) is 0. The molecule has 0 amide bonds. The van der Waals surface area contributed by atoms with Gasteiger partial charge in [-0.2, -0.15) is 0 Å². The van der Waals surface area contributed by atoms with Crippen LogP contribution in [-0.4, -0.2) is 23.1 Å². The SMILES string of the molecule is CCCCC(=O)OC1(C(C)=O)CCC2C3CCC4=CC(=O)CCC4(C)C3CCC21C. The van der Waals surface area contributed by atoms with Crippen molar-refractivity contribution in [3.8, 4) is 0 Å². The van der Waals surface area contributed by atoms with E-state index in [0.29, 0.717) is 37.0 Å². The van der Waals surface area contributed by atoms with E-state index in [1.54, 1.807) is 6.92 Å². The highest BCUT2D eigenvalue weighted by Crippen LogP contribution is 2.68. The number of carbonyl (C=O) groups excluding carboxylic acids is 3. The monoisotopic (exact) mass is 414 g/mol. The molecule has 4 nitrogen and oxygen atoms in total. The first kappa shape index (κ1) is 21.8. The van der Waals surface area contributed by atoms with Gasteiger partial charge in [0.05, 0.1) is 0 Å². The number of carbonyl (C=O) groups is 3. The first-order valence-corrected chi connectivity index (χ1v) is 12.1. The third-order valence-corrected chi connectivity index (χ3v) is 9.67. The number of fused-ring (bicyclic) bond motifs is 5. The normalized spacial score (nSPS) is 42.6. The van der Waals surface area contributed by atoms with E-state index in [4.69, 9.17) is 4.74 Å². The summed E-state index contributed by atoms with van der Waals surface area (Å²) in [5.41, 5.74) is 0.263. The summed E-state index contributed by atoms with van der Waals surface area (Å²) in [7, 11) is 0. The van der Waals surface area contributed by atoms with Gasteiger partial charge in [0.15, 0.2) is 17.2 Å². The fourth-order valence-electron chi connectivity index (χ4n) is 7.94. The molecule has 0 N–H and O–H groups in total. The van der Waals surface area contributed by atoms with Crippen molar-refractivity contribution in [2.45, 2.75) is 104 Å². The topological polar surface area (TPSA) is 60.4 Å². The third kappa shape index (κ3) is 3.04. The minimum Gasteiger partial charge on any atom is -0.450 e. The molecule has 4 aliphatic carbocycles. The molecule has 0 aromatic carbocycles. The quantitative estimate of drug-likeness (QED) is 0.551. The van der Waals surface area contributed by atoms with Crippen molar-refractivity contribution in [3.63, 3.8) is 0 Å². The summed E-state index contributed by atoms with van der Waals surface area (Å²) in [6.07, 6.45) is 11.4. The first-order valence-electron chi connectivity index (χ1n) is 12.1. The van der Waals surface area contributed by atoms with Crippen molar-refractivity contribution < 1.29 is 19.1 Å². The zero-order valence-corrected chi connectivity index (χ0v) is 19.2. The molecule has 0 radical (unpaired) electrons. The Bertz CT molecular complexity index is 782. The predicted octanol–water partition coefficient (Wildman–Crippen LogP) is 5.58. The Morgan fingerprint density at radius 3 is 2.50 bits per heavy atom. The van der Waals surface area contributed by atoms with Crippen LogP contribution in [0, 0.1) is 28.6 Å². The van der Waals surface area contributed by atoms with E-state index >= 15 is 0 Å². The zero-order chi connectivity index (χ0) is 21.7. The second-order valence-corrected chi connectivity index (χ2v) is 10.9. The van der Waals surface area contributed by atoms with Crippen molar-refractivity contribution in [1.82, 2.24) is 0 Å². The van der Waals surface area contributed by atoms with Crippen LogP contribution < -0.4 is 0 Å². The molecule has 30 heavy (non-hydrogen) atoms. The molecule has 166 valence electrons. The van der Waals surface area contributed by atoms with Crippen LogP contribution in [0.3, 0.4) is 0 Å². The summed E-state index contributed by atoms with van der Waals surface area (Å²) in [5, 5.41) is 0. The van der Waals surface area contributed by atoms with Crippen molar-refractivity contribution in [1.29, 1.82) is 0 Å². The van der Waals surface area contributed by atoms with Gasteiger partial charge in [-0.1, -0.05) is 32.8 Å². The summed E-state index contributed by atoms with van der Waals surface area (Å²) in [4.78, 5) is 37.7. The molecule has 0 aromatic heterocycles. The maximum atomic E-state index is 13.0. The van der Waals surface area contributed by atoms with E-state index in [1.807, 2.05) is 6.08 Å². The highest BCUT2D eigenvalue weighted by Gasteiger charge is 2.67. The minimum atomic E-state index is -0.951. The molecule has 0 spiro atoms. The lowest BCUT2D eigenvalue weighted by Gasteiger charge is -2.59. The number of ether oxygens (including phenoxy) is 1. The molecule has 4 rings (SSSR count). The van der Waals surface area contributed by atoms with Crippen LogP contribution in [-0.2, 0) is 19.1 Å². The number of Topliss-reactive ketones (excluding diaryl/α,β-unsaturated/α-hetero) is 1. The maximum Gasteiger partial charge on any atom is 0.306 e. The summed E-state index contributed by atoms with van der Waals surface area (Å²) < 4.78 is 6.12. The number of allylic oxidation sites excluding steroid dienone is 1. The molecular weight excluding hydrogens is 376 g/mol. The second kappa shape index (κ2) is 7.60. The van der Waals surface area contributed by atoms with Crippen LogP contribution in [0.25, 0.3) is 0 Å². The van der Waals surface area contributed by atoms with Crippen LogP contribution in [0.15, 0.2) is 11.6 Å². The Morgan fingerprint density at radius 2 is 1.80 bits per heavy atom. The van der Waals surface area contributed by atoms with Crippen molar-refractivity contribution in [2.24, 2.45) is 28.6 Å². The summed E-state index contributed by atoms with van der Waals surface area (Å²) in [6.45, 7) is 8.30. The number of hydrogen-bond acceptors (Lipinski definition) is 4. The van der Waals surface area contributed by atoms with Gasteiger partial charge in [0.25, 0.3) is 0 Å². The summed E-state index contributed by atoms with van der Waals surface area (Å²) >= 11 is 0. The lowest BCUT2D eigenvalue weighted by atomic mass is 9.46. The largest absolute Gasteiger partial charge is 0.450 e. The number of ketones is 2. The number of rotatable bonds is 5. The Labute approximate surface area is 181 Å². The molecule has 3 saturated carbocycles. The Kier molecular flexibility index (Phi) is 5.51. The molecule has 6 unspecified atom stereocenters. The van der Waals surface area contributed by atoms with Crippen LogP contribution in [0.2, 0.25) is 0 Å². The van der Waals surface area contributed by atoms with E-state index < -0.39 is 5.60 Å². The van der Waals surface area contributed by atoms with Gasteiger partial charge in [0.2, 0.25) is 0 Å². The van der Waals surface area contributed by atoms with Crippen LogP contribution in [0.5, 0.6) is 0 Å². The Morgan fingerprint density at radius 1 is 1.07 bits per heavy atom. The van der Waals surface area contributed by atoms with Gasteiger partial charge in [0.1, 0.15) is 0 Å². The molecule has 3 fully saturated rings. The standard InChI is InChI=1S/C26H38O4/c1-5-6-7-23(29)30-26(17(2)27)15-12-22-20-9-8-18-16-19(28)10-13-24(18,3)21(20)11-14-25(22,26)4/h16,20-22H,5-15H2,1-4H3. The molecule has 6 atom stereocenters. The lowest BCUT2D eigenvalue weighted by molar-refractivity contribution is -0.189. The molecule has 0 saturated heterocycles. The fraction of sp³-hybridized carbons (Fsp3) is 0.808. The molecule has 0 bridgehead atoms. The van der Waals surface area contributed by atoms with Crippen LogP contribution in [0.4, 0.5) is 0 Å². The average Bonchev–Trinajstić information content (AvgIpc) is 3.00. The van der Waals surface area contributed by atoms with Gasteiger partial charge in [-0.25, -0.2) is 0 Å². The lowest BCUT2D eigenvalue weighted by Crippen LogP contribution is -2.58. The summed E-state index contributed by atoms with van der Waals surface area (Å²) in [6, 6.07) is 0. The highest BCUT2D eigenvalue weighted by atomic mass is 16.6. The van der Waals surface area contributed by atoms with Crippen LogP contribution >= 0.6 is 0 Å². The van der Waals surface area contributed by atoms with E-state index in [1.165, 1.54) is 5.57 Å². The Hall–Kier alpha value is -1.45. The molecule has 0 aromatic rings. The van der Waals surface area contributed by atoms with Gasteiger partial charge >= 0.3 is 5.97 Å². The fourth-order valence-corrected chi connectivity index (χ4v) is 7.94. The summed E-state index contributed by atoms with van der Waals surface area (Å²) in [5.74, 6) is 1.65. The second-order valence-electron chi connectivity index (χ2n) is 10.9. The molecule has 0 heterocycles. The number of esters is 1. The van der Waals surface area contributed by atoms with Gasteiger partial charge in [-0.15, -0.1) is 0 Å². The molecular formula is C26H38O4. The first-order chi connectivity index (χ1) is 14.2. The van der Waals surface area contributed by atoms with Crippen molar-refractivity contribution in [3.05, 3.63) is 11.6 Å². The molecule has 0 aliphatic heterocycles. The maximum absolute atomic E-state index is 13.0.